The minimum Gasteiger partial charge on any atom is -0.497 e. The van der Waals surface area contributed by atoms with Crippen molar-refractivity contribution in [2.45, 2.75) is 12.6 Å². The maximum absolute atomic E-state index is 5.96. The van der Waals surface area contributed by atoms with Gasteiger partial charge in [0.25, 0.3) is 0 Å². The number of oxazole rings is 1. The van der Waals surface area contributed by atoms with Gasteiger partial charge in [-0.25, -0.2) is 4.98 Å². The highest BCUT2D eigenvalue weighted by molar-refractivity contribution is 9.10. The number of nitrogens with zero attached hydrogens (tertiary/aromatic N) is 2. The van der Waals surface area contributed by atoms with Crippen molar-refractivity contribution in [3.8, 4) is 17.1 Å². The fourth-order valence-corrected chi connectivity index (χ4v) is 3.63. The molecule has 2 heterocycles. The number of morpholine rings is 1. The van der Waals surface area contributed by atoms with Gasteiger partial charge in [0.15, 0.2) is 5.76 Å². The summed E-state index contributed by atoms with van der Waals surface area (Å²) in [6.07, 6.45) is 1.84. The molecule has 1 atom stereocenters. The topological polar surface area (TPSA) is 47.7 Å². The maximum Gasteiger partial charge on any atom is 0.209 e. The van der Waals surface area contributed by atoms with Crippen molar-refractivity contribution in [3.63, 3.8) is 0 Å². The molecule has 4 rings (SSSR count). The summed E-state index contributed by atoms with van der Waals surface area (Å²) < 4.78 is 18.2. The molecule has 1 saturated heterocycles. The highest BCUT2D eigenvalue weighted by Gasteiger charge is 2.23. The number of hydrogen-bond acceptors (Lipinski definition) is 5. The Bertz CT molecular complexity index is 894. The first-order valence-corrected chi connectivity index (χ1v) is 9.69. The van der Waals surface area contributed by atoms with Crippen molar-refractivity contribution in [3.05, 3.63) is 70.7 Å². The number of halogens is 1. The van der Waals surface area contributed by atoms with Crippen LogP contribution in [0.25, 0.3) is 11.3 Å². The van der Waals surface area contributed by atoms with Crippen LogP contribution in [0.2, 0.25) is 0 Å². The minimum atomic E-state index is 0.0623. The lowest BCUT2D eigenvalue weighted by Crippen LogP contribution is -2.37. The molecule has 1 unspecified atom stereocenters. The van der Waals surface area contributed by atoms with E-state index in [2.05, 4.69) is 37.9 Å². The molecule has 3 aromatic rings. The predicted molar refractivity (Wildman–Crippen MR) is 107 cm³/mol. The zero-order valence-corrected chi connectivity index (χ0v) is 16.7. The fraction of sp³-hybridized carbons (Fsp3) is 0.286. The van der Waals surface area contributed by atoms with Crippen LogP contribution in [0.15, 0.2) is 63.6 Å². The van der Waals surface area contributed by atoms with Gasteiger partial charge in [-0.05, 0) is 42.0 Å². The lowest BCUT2D eigenvalue weighted by Gasteiger charge is -2.32. The Morgan fingerprint density at radius 3 is 2.85 bits per heavy atom. The molecule has 2 aromatic carbocycles. The van der Waals surface area contributed by atoms with Gasteiger partial charge < -0.3 is 13.9 Å². The molecule has 0 N–H and O–H groups in total. The first-order valence-electron chi connectivity index (χ1n) is 8.90. The molecular weight excluding hydrogens is 408 g/mol. The Morgan fingerprint density at radius 2 is 2.07 bits per heavy atom. The van der Waals surface area contributed by atoms with Crippen LogP contribution in [0.5, 0.6) is 5.75 Å². The van der Waals surface area contributed by atoms with Crippen LogP contribution in [0.4, 0.5) is 0 Å². The van der Waals surface area contributed by atoms with Crippen molar-refractivity contribution in [2.24, 2.45) is 0 Å². The zero-order chi connectivity index (χ0) is 18.6. The number of methoxy groups -OCH3 is 1. The molecule has 5 nitrogen and oxygen atoms in total. The largest absolute Gasteiger partial charge is 0.497 e. The second-order valence-corrected chi connectivity index (χ2v) is 7.41. The van der Waals surface area contributed by atoms with E-state index < -0.39 is 0 Å². The number of aromatic nitrogens is 1. The highest BCUT2D eigenvalue weighted by atomic mass is 79.9. The van der Waals surface area contributed by atoms with Crippen molar-refractivity contribution >= 4 is 15.9 Å². The first-order chi connectivity index (χ1) is 13.2. The van der Waals surface area contributed by atoms with Gasteiger partial charge in [0, 0.05) is 23.1 Å². The summed E-state index contributed by atoms with van der Waals surface area (Å²) >= 11 is 3.53. The molecule has 0 spiro atoms. The van der Waals surface area contributed by atoms with Crippen molar-refractivity contribution < 1.29 is 13.9 Å². The molecule has 0 bridgehead atoms. The second-order valence-electron chi connectivity index (χ2n) is 6.50. The van der Waals surface area contributed by atoms with Gasteiger partial charge in [0.1, 0.15) is 5.75 Å². The summed E-state index contributed by atoms with van der Waals surface area (Å²) in [4.78, 5) is 6.77. The van der Waals surface area contributed by atoms with Crippen LogP contribution >= 0.6 is 15.9 Å². The van der Waals surface area contributed by atoms with Crippen LogP contribution in [-0.2, 0) is 11.3 Å². The molecule has 1 aliphatic heterocycles. The quantitative estimate of drug-likeness (QED) is 0.589. The number of rotatable bonds is 5. The van der Waals surface area contributed by atoms with Crippen LogP contribution in [-0.4, -0.2) is 36.7 Å². The van der Waals surface area contributed by atoms with E-state index in [1.807, 2.05) is 36.4 Å². The third kappa shape index (κ3) is 4.40. The Labute approximate surface area is 167 Å². The fourth-order valence-electron chi connectivity index (χ4n) is 3.22. The molecule has 140 valence electrons. The summed E-state index contributed by atoms with van der Waals surface area (Å²) in [6, 6.07) is 16.1. The van der Waals surface area contributed by atoms with E-state index in [-0.39, 0.29) is 6.10 Å². The maximum atomic E-state index is 5.96. The molecule has 0 radical (unpaired) electrons. The van der Waals surface area contributed by atoms with Gasteiger partial charge in [-0.3, -0.25) is 4.90 Å². The lowest BCUT2D eigenvalue weighted by molar-refractivity contribution is -0.0351. The van der Waals surface area contributed by atoms with E-state index in [4.69, 9.17) is 13.9 Å². The van der Waals surface area contributed by atoms with Crippen LogP contribution < -0.4 is 4.74 Å². The molecule has 0 aliphatic carbocycles. The zero-order valence-electron chi connectivity index (χ0n) is 15.1. The van der Waals surface area contributed by atoms with Crippen molar-refractivity contribution in [2.75, 3.05) is 26.8 Å². The number of benzene rings is 2. The van der Waals surface area contributed by atoms with Gasteiger partial charge >= 0.3 is 0 Å². The van der Waals surface area contributed by atoms with Gasteiger partial charge in [0.2, 0.25) is 5.89 Å². The third-order valence-electron chi connectivity index (χ3n) is 4.66. The summed E-state index contributed by atoms with van der Waals surface area (Å²) in [5, 5.41) is 0. The standard InChI is InChI=1S/C21H21BrN2O3/c1-25-18-7-5-15(6-8-18)19-12-23-21(27-19)14-24-9-10-26-20(13-24)16-3-2-4-17(22)11-16/h2-8,11-12,20H,9-10,13-14H2,1H3. The monoisotopic (exact) mass is 428 g/mol. The Kier molecular flexibility index (Phi) is 5.57. The van der Waals surface area contributed by atoms with E-state index in [0.29, 0.717) is 13.2 Å². The van der Waals surface area contributed by atoms with E-state index in [0.717, 1.165) is 40.5 Å². The normalized spacial score (nSPS) is 17.8. The summed E-state index contributed by atoms with van der Waals surface area (Å²) in [5.41, 5.74) is 2.17. The van der Waals surface area contributed by atoms with Crippen LogP contribution in [0, 0.1) is 0 Å². The second kappa shape index (κ2) is 8.25. The van der Waals surface area contributed by atoms with E-state index in [9.17, 15) is 0 Å². The Balaban J connectivity index is 1.42. The lowest BCUT2D eigenvalue weighted by atomic mass is 10.1. The van der Waals surface area contributed by atoms with Gasteiger partial charge in [-0.2, -0.15) is 0 Å². The van der Waals surface area contributed by atoms with Crippen LogP contribution in [0.1, 0.15) is 17.6 Å². The molecular formula is C21H21BrN2O3. The summed E-state index contributed by atoms with van der Waals surface area (Å²) in [7, 11) is 1.66. The highest BCUT2D eigenvalue weighted by Crippen LogP contribution is 2.27. The molecule has 1 fully saturated rings. The molecule has 0 saturated carbocycles. The summed E-state index contributed by atoms with van der Waals surface area (Å²) in [6.45, 7) is 3.05. The van der Waals surface area contributed by atoms with Crippen molar-refractivity contribution in [1.29, 1.82) is 0 Å². The minimum absolute atomic E-state index is 0.0623. The van der Waals surface area contributed by atoms with Crippen molar-refractivity contribution in [1.82, 2.24) is 9.88 Å². The van der Waals surface area contributed by atoms with E-state index in [1.54, 1.807) is 13.3 Å². The van der Waals surface area contributed by atoms with Gasteiger partial charge in [-0.1, -0.05) is 28.1 Å². The molecule has 1 aromatic heterocycles. The van der Waals surface area contributed by atoms with E-state index in [1.165, 1.54) is 5.56 Å². The third-order valence-corrected chi connectivity index (χ3v) is 5.15. The van der Waals surface area contributed by atoms with Crippen LogP contribution in [0.3, 0.4) is 0 Å². The average molecular weight is 429 g/mol. The van der Waals surface area contributed by atoms with Gasteiger partial charge in [0.05, 0.1) is 32.6 Å². The summed E-state index contributed by atoms with van der Waals surface area (Å²) in [5.74, 6) is 2.31. The molecule has 6 heteroatoms. The molecule has 27 heavy (non-hydrogen) atoms. The first kappa shape index (κ1) is 18.2. The Morgan fingerprint density at radius 1 is 1.22 bits per heavy atom. The average Bonchev–Trinajstić information content (AvgIpc) is 3.17. The predicted octanol–water partition coefficient (Wildman–Crippen LogP) is 4.69. The number of hydrogen-bond donors (Lipinski definition) is 0. The van der Waals surface area contributed by atoms with E-state index >= 15 is 0 Å². The molecule has 0 amide bonds. The SMILES string of the molecule is COc1ccc(-c2cnc(CN3CCOC(c4cccc(Br)c4)C3)o2)cc1. The smallest absolute Gasteiger partial charge is 0.209 e. The number of ether oxygens (including phenoxy) is 2. The molecule has 1 aliphatic rings. The van der Waals surface area contributed by atoms with Gasteiger partial charge in [-0.15, -0.1) is 0 Å². The Hall–Kier alpha value is -2.15.